The lowest BCUT2D eigenvalue weighted by atomic mass is 9.88. The zero-order valence-corrected chi connectivity index (χ0v) is 19.6. The van der Waals surface area contributed by atoms with Crippen molar-refractivity contribution in [2.24, 2.45) is 5.92 Å². The topological polar surface area (TPSA) is 90.5 Å². The number of benzene rings is 2. The van der Waals surface area contributed by atoms with Crippen LogP contribution < -0.4 is 16.0 Å². The molecular weight excluding hydrogens is 416 g/mol. The third-order valence-corrected chi connectivity index (χ3v) is 6.21. The lowest BCUT2D eigenvalue weighted by molar-refractivity contribution is -0.125. The van der Waals surface area contributed by atoms with Gasteiger partial charge in [0.25, 0.3) is 5.91 Å². The number of hydrogen-bond donors (Lipinski definition) is 3. The van der Waals surface area contributed by atoms with Crippen molar-refractivity contribution in [2.45, 2.75) is 52.1 Å². The Morgan fingerprint density at radius 3 is 2.21 bits per heavy atom. The fourth-order valence-corrected chi connectivity index (χ4v) is 3.92. The summed E-state index contributed by atoms with van der Waals surface area (Å²) in [5.74, 6) is -0.485. The largest absolute Gasteiger partial charge is 0.352 e. The number of urea groups is 1. The van der Waals surface area contributed by atoms with E-state index < -0.39 is 6.04 Å². The SMILES string of the molecule is CC[C@H](C)NC(=O)[C@@H](NC(=O)c1ccccc1)C1CCN(C(=O)Nc2ccc(C)cc2)CC1. The number of aryl methyl sites for hydroxylation is 1. The monoisotopic (exact) mass is 450 g/mol. The van der Waals surface area contributed by atoms with Gasteiger partial charge in [0, 0.05) is 30.4 Å². The first-order valence-electron chi connectivity index (χ1n) is 11.7. The van der Waals surface area contributed by atoms with Gasteiger partial charge in [-0.15, -0.1) is 0 Å². The van der Waals surface area contributed by atoms with Crippen LogP contribution >= 0.6 is 0 Å². The van der Waals surface area contributed by atoms with Crippen LogP contribution in [0.1, 0.15) is 49.0 Å². The average molecular weight is 451 g/mol. The summed E-state index contributed by atoms with van der Waals surface area (Å²) in [6.07, 6.45) is 2.08. The van der Waals surface area contributed by atoms with Crippen LogP contribution in [0.5, 0.6) is 0 Å². The molecule has 1 fully saturated rings. The summed E-state index contributed by atoms with van der Waals surface area (Å²) >= 11 is 0. The molecule has 33 heavy (non-hydrogen) atoms. The number of nitrogens with zero attached hydrogens (tertiary/aromatic N) is 1. The number of nitrogens with one attached hydrogen (secondary N) is 3. The smallest absolute Gasteiger partial charge is 0.321 e. The van der Waals surface area contributed by atoms with Crippen molar-refractivity contribution in [3.8, 4) is 0 Å². The number of amides is 4. The van der Waals surface area contributed by atoms with Gasteiger partial charge < -0.3 is 20.9 Å². The first kappa shape index (κ1) is 24.3. The van der Waals surface area contributed by atoms with Crippen LogP contribution in [0.4, 0.5) is 10.5 Å². The van der Waals surface area contributed by atoms with Crippen molar-refractivity contribution in [1.29, 1.82) is 0 Å². The molecule has 0 aliphatic carbocycles. The number of piperidine rings is 1. The Labute approximate surface area is 195 Å². The minimum atomic E-state index is -0.644. The standard InChI is InChI=1S/C26H34N4O3/c1-4-19(3)27-25(32)23(29-24(31)21-8-6-5-7-9-21)20-14-16-30(17-15-20)26(33)28-22-12-10-18(2)11-13-22/h5-13,19-20,23H,4,14-17H2,1-3H3,(H,27,32)(H,28,33)(H,29,31)/t19-,23-/m0/s1. The molecule has 0 spiro atoms. The summed E-state index contributed by atoms with van der Waals surface area (Å²) in [6, 6.07) is 15.8. The van der Waals surface area contributed by atoms with Crippen molar-refractivity contribution in [1.82, 2.24) is 15.5 Å². The Hall–Kier alpha value is -3.35. The average Bonchev–Trinajstić information content (AvgIpc) is 2.84. The number of hydrogen-bond acceptors (Lipinski definition) is 3. The molecule has 1 heterocycles. The zero-order valence-electron chi connectivity index (χ0n) is 19.6. The van der Waals surface area contributed by atoms with Gasteiger partial charge in [-0.3, -0.25) is 9.59 Å². The van der Waals surface area contributed by atoms with Crippen molar-refractivity contribution >= 4 is 23.5 Å². The third kappa shape index (κ3) is 6.81. The fourth-order valence-electron chi connectivity index (χ4n) is 3.92. The Balaban J connectivity index is 1.63. The summed E-state index contributed by atoms with van der Waals surface area (Å²) in [6.45, 7) is 7.01. The highest BCUT2D eigenvalue weighted by molar-refractivity contribution is 5.97. The van der Waals surface area contributed by atoms with Gasteiger partial charge in [-0.1, -0.05) is 42.8 Å². The number of anilines is 1. The van der Waals surface area contributed by atoms with Gasteiger partial charge in [-0.25, -0.2) is 4.79 Å². The molecule has 0 bridgehead atoms. The Morgan fingerprint density at radius 1 is 0.970 bits per heavy atom. The Bertz CT molecular complexity index is 938. The first-order chi connectivity index (χ1) is 15.9. The van der Waals surface area contributed by atoms with E-state index in [9.17, 15) is 14.4 Å². The predicted molar refractivity (Wildman–Crippen MR) is 130 cm³/mol. The second-order valence-electron chi connectivity index (χ2n) is 8.76. The van der Waals surface area contributed by atoms with Crippen LogP contribution in [0, 0.1) is 12.8 Å². The maximum atomic E-state index is 13.0. The van der Waals surface area contributed by atoms with Crippen LogP contribution in [0.2, 0.25) is 0 Å². The summed E-state index contributed by atoms with van der Waals surface area (Å²) in [5, 5.41) is 8.89. The number of rotatable bonds is 7. The molecule has 4 amide bonds. The van der Waals surface area contributed by atoms with E-state index in [1.165, 1.54) is 0 Å². The molecule has 7 heteroatoms. The van der Waals surface area contributed by atoms with Gasteiger partial charge in [-0.2, -0.15) is 0 Å². The van der Waals surface area contributed by atoms with E-state index >= 15 is 0 Å². The molecule has 1 aliphatic heterocycles. The molecule has 7 nitrogen and oxygen atoms in total. The highest BCUT2D eigenvalue weighted by Gasteiger charge is 2.34. The second kappa shape index (κ2) is 11.5. The minimum absolute atomic E-state index is 0.0222. The molecule has 1 saturated heterocycles. The maximum Gasteiger partial charge on any atom is 0.321 e. The lowest BCUT2D eigenvalue weighted by Crippen LogP contribution is -2.55. The quantitative estimate of drug-likeness (QED) is 0.597. The molecule has 0 aromatic heterocycles. The molecule has 0 unspecified atom stereocenters. The summed E-state index contributed by atoms with van der Waals surface area (Å²) in [4.78, 5) is 40.3. The molecule has 2 aromatic rings. The highest BCUT2D eigenvalue weighted by atomic mass is 16.2. The minimum Gasteiger partial charge on any atom is -0.352 e. The van der Waals surface area contributed by atoms with Crippen molar-refractivity contribution in [2.75, 3.05) is 18.4 Å². The van der Waals surface area contributed by atoms with Crippen LogP contribution in [0.3, 0.4) is 0 Å². The summed E-state index contributed by atoms with van der Waals surface area (Å²) in [7, 11) is 0. The van der Waals surface area contributed by atoms with E-state index in [1.54, 1.807) is 29.2 Å². The molecular formula is C26H34N4O3. The summed E-state index contributed by atoms with van der Waals surface area (Å²) in [5.41, 5.74) is 2.41. The van der Waals surface area contributed by atoms with Crippen molar-refractivity contribution in [3.05, 3.63) is 65.7 Å². The van der Waals surface area contributed by atoms with Crippen molar-refractivity contribution < 1.29 is 14.4 Å². The van der Waals surface area contributed by atoms with E-state index in [0.29, 0.717) is 31.5 Å². The van der Waals surface area contributed by atoms with Crippen LogP contribution in [-0.4, -0.2) is 47.9 Å². The predicted octanol–water partition coefficient (Wildman–Crippen LogP) is 3.95. The van der Waals surface area contributed by atoms with Crippen LogP contribution in [0.25, 0.3) is 0 Å². The van der Waals surface area contributed by atoms with E-state index in [4.69, 9.17) is 0 Å². The number of carbonyl (C=O) groups is 3. The first-order valence-corrected chi connectivity index (χ1v) is 11.7. The van der Waals surface area contributed by atoms with Crippen LogP contribution in [-0.2, 0) is 4.79 Å². The normalized spacial score (nSPS) is 15.9. The Morgan fingerprint density at radius 2 is 1.61 bits per heavy atom. The molecule has 3 rings (SSSR count). The van der Waals surface area contributed by atoms with E-state index in [0.717, 1.165) is 17.7 Å². The highest BCUT2D eigenvalue weighted by Crippen LogP contribution is 2.23. The zero-order chi connectivity index (χ0) is 23.8. The maximum absolute atomic E-state index is 13.0. The molecule has 2 atom stereocenters. The fraction of sp³-hybridized carbons (Fsp3) is 0.423. The van der Waals surface area contributed by atoms with E-state index in [2.05, 4.69) is 16.0 Å². The molecule has 176 valence electrons. The van der Waals surface area contributed by atoms with Gasteiger partial charge >= 0.3 is 6.03 Å². The van der Waals surface area contributed by atoms with Gasteiger partial charge in [0.05, 0.1) is 0 Å². The van der Waals surface area contributed by atoms with Crippen molar-refractivity contribution in [3.63, 3.8) is 0 Å². The number of likely N-dealkylation sites (tertiary alicyclic amines) is 1. The van der Waals surface area contributed by atoms with Gasteiger partial charge in [0.15, 0.2) is 0 Å². The van der Waals surface area contributed by atoms with E-state index in [1.807, 2.05) is 51.1 Å². The van der Waals surface area contributed by atoms with E-state index in [-0.39, 0.29) is 29.8 Å². The molecule has 1 aliphatic rings. The Kier molecular flexibility index (Phi) is 8.46. The second-order valence-corrected chi connectivity index (χ2v) is 8.76. The summed E-state index contributed by atoms with van der Waals surface area (Å²) < 4.78 is 0. The third-order valence-electron chi connectivity index (χ3n) is 6.21. The number of carbonyl (C=O) groups excluding carboxylic acids is 3. The molecule has 3 N–H and O–H groups in total. The van der Waals surface area contributed by atoms with Gasteiger partial charge in [0.1, 0.15) is 6.04 Å². The van der Waals surface area contributed by atoms with Gasteiger partial charge in [0.2, 0.25) is 5.91 Å². The molecule has 0 radical (unpaired) electrons. The lowest BCUT2D eigenvalue weighted by Gasteiger charge is -2.36. The van der Waals surface area contributed by atoms with Gasteiger partial charge in [-0.05, 0) is 63.3 Å². The van der Waals surface area contributed by atoms with Crippen LogP contribution in [0.15, 0.2) is 54.6 Å². The molecule has 0 saturated carbocycles. The molecule has 2 aromatic carbocycles.